The van der Waals surface area contributed by atoms with Crippen molar-refractivity contribution < 1.29 is 19.1 Å². The van der Waals surface area contributed by atoms with Gasteiger partial charge in [0.25, 0.3) is 0 Å². The van der Waals surface area contributed by atoms with Crippen LogP contribution in [-0.4, -0.2) is 36.1 Å². The van der Waals surface area contributed by atoms with E-state index in [-0.39, 0.29) is 18.2 Å². The Morgan fingerprint density at radius 1 is 1.10 bits per heavy atom. The van der Waals surface area contributed by atoms with Crippen molar-refractivity contribution in [1.82, 2.24) is 4.57 Å². The Hall–Kier alpha value is -3.48. The van der Waals surface area contributed by atoms with E-state index < -0.39 is 5.92 Å². The normalized spacial score (nSPS) is 18.1. The monoisotopic (exact) mass is 405 g/mol. The average Bonchev–Trinajstić information content (AvgIpc) is 3.36. The molecule has 5 rings (SSSR count). The summed E-state index contributed by atoms with van der Waals surface area (Å²) in [6, 6.07) is 13.4. The van der Waals surface area contributed by atoms with Crippen molar-refractivity contribution >= 4 is 34.1 Å². The van der Waals surface area contributed by atoms with E-state index in [2.05, 4.69) is 16.8 Å². The minimum Gasteiger partial charge on any atom is -0.486 e. The lowest BCUT2D eigenvalue weighted by Gasteiger charge is -2.22. The zero-order valence-electron chi connectivity index (χ0n) is 16.8. The van der Waals surface area contributed by atoms with Gasteiger partial charge < -0.3 is 24.3 Å². The van der Waals surface area contributed by atoms with Crippen LogP contribution in [0, 0.1) is 5.92 Å². The van der Waals surface area contributed by atoms with Gasteiger partial charge in [-0.3, -0.25) is 9.59 Å². The molecule has 2 aliphatic rings. The van der Waals surface area contributed by atoms with Crippen molar-refractivity contribution in [1.29, 1.82) is 0 Å². The summed E-state index contributed by atoms with van der Waals surface area (Å²) in [5.74, 6) is 0.701. The topological polar surface area (TPSA) is 72.8 Å². The maximum Gasteiger partial charge on any atom is 0.229 e. The first kappa shape index (κ1) is 18.5. The van der Waals surface area contributed by atoms with E-state index >= 15 is 0 Å². The number of hydrogen-bond acceptors (Lipinski definition) is 4. The number of benzene rings is 2. The molecule has 7 heteroatoms. The van der Waals surface area contributed by atoms with Crippen LogP contribution >= 0.6 is 0 Å². The molecule has 0 radical (unpaired) electrons. The van der Waals surface area contributed by atoms with Crippen LogP contribution in [0.1, 0.15) is 13.3 Å². The Bertz CT molecular complexity index is 1140. The minimum atomic E-state index is -0.401. The van der Waals surface area contributed by atoms with E-state index in [1.165, 1.54) is 0 Å². The predicted octanol–water partition coefficient (Wildman–Crippen LogP) is 3.42. The molecular formula is C23H23N3O4. The largest absolute Gasteiger partial charge is 0.486 e. The lowest BCUT2D eigenvalue weighted by atomic mass is 10.1. The van der Waals surface area contributed by atoms with Crippen LogP contribution in [0.3, 0.4) is 0 Å². The summed E-state index contributed by atoms with van der Waals surface area (Å²) in [5, 5.41) is 4.05. The Morgan fingerprint density at radius 3 is 2.77 bits per heavy atom. The molecule has 2 aliphatic heterocycles. The summed E-state index contributed by atoms with van der Waals surface area (Å²) in [7, 11) is 0. The highest BCUT2D eigenvalue weighted by Gasteiger charge is 2.35. The van der Waals surface area contributed by atoms with Crippen molar-refractivity contribution in [2.75, 3.05) is 30.0 Å². The first-order chi connectivity index (χ1) is 14.6. The molecule has 3 heterocycles. The van der Waals surface area contributed by atoms with Gasteiger partial charge in [0.2, 0.25) is 11.8 Å². The number of nitrogens with one attached hydrogen (secondary N) is 1. The van der Waals surface area contributed by atoms with Gasteiger partial charge in [-0.25, -0.2) is 0 Å². The second kappa shape index (κ2) is 7.40. The lowest BCUT2D eigenvalue weighted by molar-refractivity contribution is -0.122. The molecule has 0 bridgehead atoms. The standard InChI is InChI=1S/C23H23N3O4/c1-2-25-8-7-15-11-17(3-5-19(15)25)24-23(28)16-12-22(27)26(14-16)18-4-6-20-21(13-18)30-10-9-29-20/h3-8,11,13,16H,2,9-10,12,14H2,1H3,(H,24,28). The van der Waals surface area contributed by atoms with Gasteiger partial charge in [-0.15, -0.1) is 0 Å². The Kier molecular flexibility index (Phi) is 4.58. The number of hydrogen-bond donors (Lipinski definition) is 1. The molecule has 1 aromatic heterocycles. The van der Waals surface area contributed by atoms with Crippen LogP contribution in [0.4, 0.5) is 11.4 Å². The highest BCUT2D eigenvalue weighted by Crippen LogP contribution is 2.36. The minimum absolute atomic E-state index is 0.0673. The molecule has 1 unspecified atom stereocenters. The third kappa shape index (κ3) is 3.26. The van der Waals surface area contributed by atoms with Gasteiger partial charge in [0.05, 0.1) is 5.92 Å². The maximum absolute atomic E-state index is 12.8. The van der Waals surface area contributed by atoms with E-state index in [1.54, 1.807) is 11.0 Å². The second-order valence-electron chi connectivity index (χ2n) is 7.60. The first-order valence-corrected chi connectivity index (χ1v) is 10.2. The Labute approximate surface area is 174 Å². The van der Waals surface area contributed by atoms with Crippen LogP contribution in [0.25, 0.3) is 10.9 Å². The predicted molar refractivity (Wildman–Crippen MR) is 114 cm³/mol. The van der Waals surface area contributed by atoms with E-state index in [4.69, 9.17) is 9.47 Å². The summed E-state index contributed by atoms with van der Waals surface area (Å²) >= 11 is 0. The maximum atomic E-state index is 12.8. The van der Waals surface area contributed by atoms with Gasteiger partial charge in [-0.2, -0.15) is 0 Å². The molecule has 154 valence electrons. The number of nitrogens with zero attached hydrogens (tertiary/aromatic N) is 2. The number of aryl methyl sites for hydroxylation is 1. The molecule has 0 spiro atoms. The highest BCUT2D eigenvalue weighted by molar-refractivity contribution is 6.04. The van der Waals surface area contributed by atoms with E-state index in [0.29, 0.717) is 31.3 Å². The average molecular weight is 405 g/mol. The number of aromatic nitrogens is 1. The summed E-state index contributed by atoms with van der Waals surface area (Å²) in [6.45, 7) is 4.35. The number of carbonyl (C=O) groups excluding carboxylic acids is 2. The van der Waals surface area contributed by atoms with Crippen molar-refractivity contribution in [3.8, 4) is 11.5 Å². The summed E-state index contributed by atoms with van der Waals surface area (Å²) in [4.78, 5) is 27.1. The van der Waals surface area contributed by atoms with E-state index in [0.717, 1.165) is 28.8 Å². The van der Waals surface area contributed by atoms with E-state index in [9.17, 15) is 9.59 Å². The SMILES string of the molecule is CCn1ccc2cc(NC(=O)C3CC(=O)N(c4ccc5c(c4)OCCO5)C3)ccc21. The quantitative estimate of drug-likeness (QED) is 0.722. The van der Waals surface area contributed by atoms with Crippen LogP contribution < -0.4 is 19.7 Å². The van der Waals surface area contributed by atoms with Gasteiger partial charge >= 0.3 is 0 Å². The molecule has 1 fully saturated rings. The van der Waals surface area contributed by atoms with Crippen LogP contribution in [0.15, 0.2) is 48.7 Å². The molecule has 2 amide bonds. The third-order valence-electron chi connectivity index (χ3n) is 5.71. The molecule has 1 atom stereocenters. The Morgan fingerprint density at radius 2 is 1.93 bits per heavy atom. The highest BCUT2D eigenvalue weighted by atomic mass is 16.6. The van der Waals surface area contributed by atoms with Gasteiger partial charge in [0, 0.05) is 54.1 Å². The fourth-order valence-electron chi connectivity index (χ4n) is 4.13. The lowest BCUT2D eigenvalue weighted by Crippen LogP contribution is -2.28. The zero-order valence-corrected chi connectivity index (χ0v) is 16.8. The molecular weight excluding hydrogens is 382 g/mol. The number of rotatable bonds is 4. The van der Waals surface area contributed by atoms with Crippen molar-refractivity contribution in [2.45, 2.75) is 19.9 Å². The Balaban J connectivity index is 1.30. The zero-order chi connectivity index (χ0) is 20.7. The molecule has 3 aromatic rings. The molecule has 2 aromatic carbocycles. The molecule has 1 N–H and O–H groups in total. The number of carbonyl (C=O) groups is 2. The summed E-state index contributed by atoms with van der Waals surface area (Å²) in [5.41, 5.74) is 2.60. The van der Waals surface area contributed by atoms with Crippen molar-refractivity contribution in [3.63, 3.8) is 0 Å². The molecule has 1 saturated heterocycles. The molecule has 7 nitrogen and oxygen atoms in total. The smallest absolute Gasteiger partial charge is 0.229 e. The number of amides is 2. The molecule has 30 heavy (non-hydrogen) atoms. The van der Waals surface area contributed by atoms with Crippen LogP contribution in [0.2, 0.25) is 0 Å². The fraction of sp³-hybridized carbons (Fsp3) is 0.304. The second-order valence-corrected chi connectivity index (χ2v) is 7.60. The van der Waals surface area contributed by atoms with Gasteiger partial charge in [-0.1, -0.05) is 0 Å². The summed E-state index contributed by atoms with van der Waals surface area (Å²) < 4.78 is 13.3. The van der Waals surface area contributed by atoms with Gasteiger partial charge in [0.15, 0.2) is 11.5 Å². The first-order valence-electron chi connectivity index (χ1n) is 10.2. The van der Waals surface area contributed by atoms with Crippen molar-refractivity contribution in [3.05, 3.63) is 48.7 Å². The number of ether oxygens (including phenoxy) is 2. The fourth-order valence-corrected chi connectivity index (χ4v) is 4.13. The molecule has 0 aliphatic carbocycles. The van der Waals surface area contributed by atoms with E-state index in [1.807, 2.05) is 42.6 Å². The van der Waals surface area contributed by atoms with Crippen LogP contribution in [0.5, 0.6) is 11.5 Å². The third-order valence-corrected chi connectivity index (χ3v) is 5.71. The van der Waals surface area contributed by atoms with Gasteiger partial charge in [-0.05, 0) is 43.3 Å². The van der Waals surface area contributed by atoms with Crippen molar-refractivity contribution in [2.24, 2.45) is 5.92 Å². The summed E-state index contributed by atoms with van der Waals surface area (Å²) in [6.07, 6.45) is 2.23. The number of fused-ring (bicyclic) bond motifs is 2. The van der Waals surface area contributed by atoms with Crippen LogP contribution in [-0.2, 0) is 16.1 Å². The van der Waals surface area contributed by atoms with Gasteiger partial charge in [0.1, 0.15) is 13.2 Å². The number of anilines is 2. The molecule has 0 saturated carbocycles.